The molecule has 3 atom stereocenters. The summed E-state index contributed by atoms with van der Waals surface area (Å²) in [5, 5.41) is 14.6. The second-order valence-electron chi connectivity index (χ2n) is 9.00. The van der Waals surface area contributed by atoms with Gasteiger partial charge in [-0.25, -0.2) is 4.79 Å². The van der Waals surface area contributed by atoms with E-state index in [-0.39, 0.29) is 32.0 Å². The van der Waals surface area contributed by atoms with Gasteiger partial charge in [0, 0.05) is 37.3 Å². The molecule has 2 aliphatic rings. The number of hydrogen-bond donors (Lipinski definition) is 3. The van der Waals surface area contributed by atoms with E-state index < -0.39 is 18.3 Å². The third-order valence-corrected chi connectivity index (χ3v) is 6.30. The average Bonchev–Trinajstić information content (AvgIpc) is 2.93. The first-order chi connectivity index (χ1) is 18.0. The SMILES string of the molecule is CCOC(=O)CNC(=O)Nc1cccc(C2OC(CN3CCOCC3)CC(c3ccc(CO)cc3)O2)c1. The zero-order valence-corrected chi connectivity index (χ0v) is 21.1. The van der Waals surface area contributed by atoms with E-state index in [1.807, 2.05) is 36.4 Å². The molecule has 200 valence electrons. The van der Waals surface area contributed by atoms with Gasteiger partial charge in [-0.1, -0.05) is 36.4 Å². The van der Waals surface area contributed by atoms with E-state index in [1.165, 1.54) is 0 Å². The molecule has 0 aliphatic carbocycles. The Hall–Kier alpha value is -3.02. The van der Waals surface area contributed by atoms with Gasteiger partial charge in [-0.2, -0.15) is 0 Å². The molecule has 3 N–H and O–H groups in total. The highest BCUT2D eigenvalue weighted by Gasteiger charge is 2.33. The minimum absolute atomic E-state index is 0.00957. The molecule has 2 amide bonds. The van der Waals surface area contributed by atoms with E-state index in [9.17, 15) is 14.7 Å². The summed E-state index contributed by atoms with van der Waals surface area (Å²) in [4.78, 5) is 26.1. The van der Waals surface area contributed by atoms with Crippen LogP contribution in [0.2, 0.25) is 0 Å². The van der Waals surface area contributed by atoms with Crippen LogP contribution in [0.1, 0.15) is 42.4 Å². The lowest BCUT2D eigenvalue weighted by Gasteiger charge is -2.39. The highest BCUT2D eigenvalue weighted by atomic mass is 16.7. The van der Waals surface area contributed by atoms with Gasteiger partial charge in [0.2, 0.25) is 0 Å². The minimum Gasteiger partial charge on any atom is -0.465 e. The van der Waals surface area contributed by atoms with Crippen LogP contribution < -0.4 is 10.6 Å². The third kappa shape index (κ3) is 7.98. The molecule has 2 fully saturated rings. The molecule has 0 bridgehead atoms. The second kappa shape index (κ2) is 13.5. The molecule has 0 radical (unpaired) electrons. The Bertz CT molecular complexity index is 1030. The zero-order chi connectivity index (χ0) is 26.0. The van der Waals surface area contributed by atoms with E-state index in [4.69, 9.17) is 18.9 Å². The number of ether oxygens (including phenoxy) is 4. The summed E-state index contributed by atoms with van der Waals surface area (Å²) in [5.41, 5.74) is 3.18. The summed E-state index contributed by atoms with van der Waals surface area (Å²) >= 11 is 0. The van der Waals surface area contributed by atoms with Gasteiger partial charge >= 0.3 is 12.0 Å². The smallest absolute Gasteiger partial charge is 0.325 e. The standard InChI is InChI=1S/C27H35N3O7/c1-2-35-25(32)16-28-27(33)29-22-5-3-4-21(14-22)26-36-23(17-30-10-12-34-13-11-30)15-24(37-26)20-8-6-19(18-31)7-9-20/h3-9,14,23-24,26,31H,2,10-13,15-18H2,1H3,(H2,28,29,33). The van der Waals surface area contributed by atoms with Gasteiger partial charge in [0.25, 0.3) is 0 Å². The van der Waals surface area contributed by atoms with E-state index in [2.05, 4.69) is 15.5 Å². The summed E-state index contributed by atoms with van der Waals surface area (Å²) in [6, 6.07) is 14.5. The number of aliphatic hydroxyl groups excluding tert-OH is 1. The number of amides is 2. The number of hydrogen-bond acceptors (Lipinski definition) is 8. The molecule has 10 heteroatoms. The van der Waals surface area contributed by atoms with Crippen molar-refractivity contribution in [3.8, 4) is 0 Å². The number of nitrogens with one attached hydrogen (secondary N) is 2. The summed E-state index contributed by atoms with van der Waals surface area (Å²) in [6.07, 6.45) is -0.196. The fourth-order valence-corrected chi connectivity index (χ4v) is 4.41. The van der Waals surface area contributed by atoms with Crippen molar-refractivity contribution in [3.63, 3.8) is 0 Å². The number of aliphatic hydroxyl groups is 1. The highest BCUT2D eigenvalue weighted by Crippen LogP contribution is 2.38. The highest BCUT2D eigenvalue weighted by molar-refractivity contribution is 5.91. The quantitative estimate of drug-likeness (QED) is 0.438. The number of nitrogens with zero attached hydrogens (tertiary/aromatic N) is 1. The van der Waals surface area contributed by atoms with Gasteiger partial charge in [0.15, 0.2) is 6.29 Å². The topological polar surface area (TPSA) is 119 Å². The second-order valence-corrected chi connectivity index (χ2v) is 9.00. The van der Waals surface area contributed by atoms with Crippen LogP contribution >= 0.6 is 0 Å². The number of esters is 1. The molecule has 0 aromatic heterocycles. The first-order valence-corrected chi connectivity index (χ1v) is 12.6. The lowest BCUT2D eigenvalue weighted by Crippen LogP contribution is -2.44. The Balaban J connectivity index is 1.46. The zero-order valence-electron chi connectivity index (χ0n) is 21.1. The molecule has 3 unspecified atom stereocenters. The average molecular weight is 514 g/mol. The van der Waals surface area contributed by atoms with Crippen molar-refractivity contribution in [3.05, 3.63) is 65.2 Å². The molecule has 2 saturated heterocycles. The Morgan fingerprint density at radius 1 is 1.08 bits per heavy atom. The predicted octanol–water partition coefficient (Wildman–Crippen LogP) is 2.74. The predicted molar refractivity (Wildman–Crippen MR) is 136 cm³/mol. The van der Waals surface area contributed by atoms with E-state index in [0.717, 1.165) is 36.3 Å². The molecule has 2 heterocycles. The number of urea groups is 1. The molecule has 4 rings (SSSR count). The fraction of sp³-hybridized carbons (Fsp3) is 0.481. The summed E-state index contributed by atoms with van der Waals surface area (Å²) in [7, 11) is 0. The van der Waals surface area contributed by atoms with Gasteiger partial charge in [-0.15, -0.1) is 0 Å². The maximum Gasteiger partial charge on any atom is 0.325 e. The molecular weight excluding hydrogens is 478 g/mol. The summed E-state index contributed by atoms with van der Waals surface area (Å²) < 4.78 is 23.1. The van der Waals surface area contributed by atoms with Crippen LogP contribution in [-0.2, 0) is 30.3 Å². The largest absolute Gasteiger partial charge is 0.465 e. The van der Waals surface area contributed by atoms with Gasteiger partial charge < -0.3 is 34.7 Å². The van der Waals surface area contributed by atoms with Crippen molar-refractivity contribution in [1.82, 2.24) is 10.2 Å². The van der Waals surface area contributed by atoms with Crippen molar-refractivity contribution < 1.29 is 33.6 Å². The molecule has 2 aliphatic heterocycles. The Labute approximate surface area is 216 Å². The van der Waals surface area contributed by atoms with Gasteiger partial charge in [0.05, 0.1) is 38.6 Å². The number of benzene rings is 2. The molecule has 10 nitrogen and oxygen atoms in total. The Morgan fingerprint density at radius 2 is 1.86 bits per heavy atom. The number of carbonyl (C=O) groups excluding carboxylic acids is 2. The van der Waals surface area contributed by atoms with Crippen LogP contribution in [0.3, 0.4) is 0 Å². The van der Waals surface area contributed by atoms with Crippen LogP contribution in [0.5, 0.6) is 0 Å². The van der Waals surface area contributed by atoms with E-state index in [0.29, 0.717) is 25.3 Å². The summed E-state index contributed by atoms with van der Waals surface area (Å²) in [6.45, 7) is 5.66. The first-order valence-electron chi connectivity index (χ1n) is 12.6. The van der Waals surface area contributed by atoms with Crippen LogP contribution in [0.15, 0.2) is 48.5 Å². The van der Waals surface area contributed by atoms with Crippen molar-refractivity contribution in [2.24, 2.45) is 0 Å². The molecule has 2 aromatic rings. The molecule has 2 aromatic carbocycles. The lowest BCUT2D eigenvalue weighted by atomic mass is 9.99. The first kappa shape index (κ1) is 27.0. The van der Waals surface area contributed by atoms with Gasteiger partial charge in [-0.05, 0) is 30.2 Å². The normalized spacial score (nSPS) is 22.3. The van der Waals surface area contributed by atoms with Crippen molar-refractivity contribution in [1.29, 1.82) is 0 Å². The van der Waals surface area contributed by atoms with Gasteiger partial charge in [-0.3, -0.25) is 9.69 Å². The molecule has 0 saturated carbocycles. The number of anilines is 1. The van der Waals surface area contributed by atoms with Crippen LogP contribution in [-0.4, -0.2) is 74.1 Å². The maximum absolute atomic E-state index is 12.2. The van der Waals surface area contributed by atoms with Crippen molar-refractivity contribution in [2.45, 2.75) is 38.4 Å². The van der Waals surface area contributed by atoms with Crippen LogP contribution in [0.4, 0.5) is 10.5 Å². The Morgan fingerprint density at radius 3 is 2.59 bits per heavy atom. The lowest BCUT2D eigenvalue weighted by molar-refractivity contribution is -0.253. The summed E-state index contributed by atoms with van der Waals surface area (Å²) in [5.74, 6) is -0.500. The van der Waals surface area contributed by atoms with E-state index >= 15 is 0 Å². The minimum atomic E-state index is -0.633. The third-order valence-electron chi connectivity index (χ3n) is 6.30. The molecule has 37 heavy (non-hydrogen) atoms. The van der Waals surface area contributed by atoms with Crippen molar-refractivity contribution in [2.75, 3.05) is 51.3 Å². The Kier molecular flexibility index (Phi) is 9.86. The van der Waals surface area contributed by atoms with Crippen LogP contribution in [0, 0.1) is 0 Å². The maximum atomic E-state index is 12.2. The fourth-order valence-electron chi connectivity index (χ4n) is 4.41. The number of morpholine rings is 1. The van der Waals surface area contributed by atoms with Crippen LogP contribution in [0.25, 0.3) is 0 Å². The number of rotatable bonds is 9. The molecular formula is C27H35N3O7. The van der Waals surface area contributed by atoms with Gasteiger partial charge in [0.1, 0.15) is 6.54 Å². The van der Waals surface area contributed by atoms with E-state index in [1.54, 1.807) is 19.1 Å². The number of carbonyl (C=O) groups is 2. The molecule has 0 spiro atoms. The monoisotopic (exact) mass is 513 g/mol. The van der Waals surface area contributed by atoms with Crippen molar-refractivity contribution >= 4 is 17.7 Å².